The Balaban J connectivity index is 1.59. The number of nitrogens with zero attached hydrogens (tertiary/aromatic N) is 2. The summed E-state index contributed by atoms with van der Waals surface area (Å²) >= 11 is 0. The van der Waals surface area contributed by atoms with Gasteiger partial charge in [0.1, 0.15) is 0 Å². The number of aromatic nitrogens is 1. The second-order valence-electron chi connectivity index (χ2n) is 5.56. The lowest BCUT2D eigenvalue weighted by Crippen LogP contribution is -2.47. The molecule has 1 aliphatic rings. The van der Waals surface area contributed by atoms with Crippen molar-refractivity contribution in [1.82, 2.24) is 15.2 Å². The van der Waals surface area contributed by atoms with Crippen LogP contribution in [-0.2, 0) is 11.2 Å². The van der Waals surface area contributed by atoms with Crippen molar-refractivity contribution in [2.45, 2.75) is 44.6 Å². The average Bonchev–Trinajstić information content (AvgIpc) is 2.48. The number of hydrogen-bond acceptors (Lipinski definition) is 3. The number of likely N-dealkylation sites (N-methyl/N-ethyl adjacent to an activating group) is 1. The summed E-state index contributed by atoms with van der Waals surface area (Å²) in [5.74, 6) is 0.199. The van der Waals surface area contributed by atoms with Gasteiger partial charge in [-0.2, -0.15) is 0 Å². The van der Waals surface area contributed by atoms with Gasteiger partial charge in [0, 0.05) is 18.4 Å². The Kier molecular flexibility index (Phi) is 5.99. The Labute approximate surface area is 121 Å². The molecule has 1 saturated heterocycles. The van der Waals surface area contributed by atoms with Gasteiger partial charge in [-0.05, 0) is 57.8 Å². The predicted molar refractivity (Wildman–Crippen MR) is 80.5 cm³/mol. The largest absolute Gasteiger partial charge is 0.355 e. The first-order chi connectivity index (χ1) is 9.77. The van der Waals surface area contributed by atoms with Gasteiger partial charge < -0.3 is 5.32 Å². The van der Waals surface area contributed by atoms with Crippen LogP contribution >= 0.6 is 0 Å². The molecule has 1 atom stereocenters. The van der Waals surface area contributed by atoms with E-state index in [0.717, 1.165) is 44.5 Å². The standard InChI is InChI=1S/C16H25N3O/c1-19-13-7-4-10-15(19)16(20)18-12-6-3-9-14-8-2-5-11-17-14/h2,5,8,11,15H,3-4,6-7,9-10,12-13H2,1H3,(H,18,20). The van der Waals surface area contributed by atoms with E-state index in [0.29, 0.717) is 0 Å². The van der Waals surface area contributed by atoms with Crippen molar-refractivity contribution in [2.75, 3.05) is 20.1 Å². The fraction of sp³-hybridized carbons (Fsp3) is 0.625. The Morgan fingerprint density at radius 3 is 3.05 bits per heavy atom. The number of pyridine rings is 1. The predicted octanol–water partition coefficient (Wildman–Crippen LogP) is 2.00. The summed E-state index contributed by atoms with van der Waals surface area (Å²) in [5.41, 5.74) is 1.13. The second-order valence-corrected chi connectivity index (χ2v) is 5.56. The third kappa shape index (κ3) is 4.60. The molecule has 1 fully saturated rings. The molecule has 2 heterocycles. The smallest absolute Gasteiger partial charge is 0.237 e. The Morgan fingerprint density at radius 2 is 2.30 bits per heavy atom. The molecule has 110 valence electrons. The molecule has 0 bridgehead atoms. The maximum atomic E-state index is 12.1. The van der Waals surface area contributed by atoms with Crippen LogP contribution in [0, 0.1) is 0 Å². The highest BCUT2D eigenvalue weighted by Crippen LogP contribution is 2.14. The molecule has 1 aromatic heterocycles. The molecule has 0 aliphatic carbocycles. The van der Waals surface area contributed by atoms with Crippen molar-refractivity contribution in [1.29, 1.82) is 0 Å². The van der Waals surface area contributed by atoms with Crippen molar-refractivity contribution < 1.29 is 4.79 Å². The topological polar surface area (TPSA) is 45.2 Å². The van der Waals surface area contributed by atoms with Gasteiger partial charge in [0.05, 0.1) is 6.04 Å². The SMILES string of the molecule is CN1CCCCC1C(=O)NCCCCc1ccccn1. The normalized spacial score (nSPS) is 19.8. The molecule has 1 amide bonds. The van der Waals surface area contributed by atoms with E-state index in [1.54, 1.807) is 0 Å². The molecular weight excluding hydrogens is 250 g/mol. The van der Waals surface area contributed by atoms with Crippen LogP contribution in [0.25, 0.3) is 0 Å². The fourth-order valence-electron chi connectivity index (χ4n) is 2.71. The molecule has 2 rings (SSSR count). The third-order valence-electron chi connectivity index (χ3n) is 3.96. The molecule has 1 N–H and O–H groups in total. The van der Waals surface area contributed by atoms with Crippen LogP contribution in [0.4, 0.5) is 0 Å². The van der Waals surface area contributed by atoms with Gasteiger partial charge >= 0.3 is 0 Å². The zero-order chi connectivity index (χ0) is 14.2. The lowest BCUT2D eigenvalue weighted by molar-refractivity contribution is -0.127. The summed E-state index contributed by atoms with van der Waals surface area (Å²) in [6.45, 7) is 1.81. The van der Waals surface area contributed by atoms with Crippen molar-refractivity contribution in [3.05, 3.63) is 30.1 Å². The second kappa shape index (κ2) is 8.00. The van der Waals surface area contributed by atoms with Crippen molar-refractivity contribution in [3.63, 3.8) is 0 Å². The van der Waals surface area contributed by atoms with Crippen molar-refractivity contribution in [2.24, 2.45) is 0 Å². The van der Waals surface area contributed by atoms with Crippen LogP contribution in [0.3, 0.4) is 0 Å². The summed E-state index contributed by atoms with van der Waals surface area (Å²) in [5, 5.41) is 3.07. The third-order valence-corrected chi connectivity index (χ3v) is 3.96. The quantitative estimate of drug-likeness (QED) is 0.808. The molecule has 1 aliphatic heterocycles. The minimum atomic E-state index is 0.0829. The average molecular weight is 275 g/mol. The number of nitrogens with one attached hydrogen (secondary N) is 1. The minimum Gasteiger partial charge on any atom is -0.355 e. The molecule has 1 aromatic rings. The van der Waals surface area contributed by atoms with Gasteiger partial charge in [0.25, 0.3) is 0 Å². The van der Waals surface area contributed by atoms with E-state index in [9.17, 15) is 4.79 Å². The molecule has 1 unspecified atom stereocenters. The molecule has 20 heavy (non-hydrogen) atoms. The highest BCUT2D eigenvalue weighted by atomic mass is 16.2. The van der Waals surface area contributed by atoms with Crippen molar-refractivity contribution in [3.8, 4) is 0 Å². The highest BCUT2D eigenvalue weighted by Gasteiger charge is 2.25. The lowest BCUT2D eigenvalue weighted by Gasteiger charge is -2.31. The van der Waals surface area contributed by atoms with Crippen LogP contribution in [-0.4, -0.2) is 42.0 Å². The maximum Gasteiger partial charge on any atom is 0.237 e. The van der Waals surface area contributed by atoms with Crippen LogP contribution in [0.1, 0.15) is 37.8 Å². The number of unbranched alkanes of at least 4 members (excludes halogenated alkanes) is 1. The number of piperidine rings is 1. The number of carbonyl (C=O) groups is 1. The molecule has 0 radical (unpaired) electrons. The van der Waals surface area contributed by atoms with E-state index in [1.807, 2.05) is 25.4 Å². The molecular formula is C16H25N3O. The molecule has 4 nitrogen and oxygen atoms in total. The number of rotatable bonds is 6. The fourth-order valence-corrected chi connectivity index (χ4v) is 2.71. The Morgan fingerprint density at radius 1 is 1.40 bits per heavy atom. The number of aryl methyl sites for hydroxylation is 1. The van der Waals surface area contributed by atoms with Gasteiger partial charge in [0.15, 0.2) is 0 Å². The molecule has 0 aromatic carbocycles. The molecule has 0 saturated carbocycles. The van der Waals surface area contributed by atoms with Gasteiger partial charge in [-0.15, -0.1) is 0 Å². The summed E-state index contributed by atoms with van der Waals surface area (Å²) in [4.78, 5) is 18.6. The summed E-state index contributed by atoms with van der Waals surface area (Å²) in [6.07, 6.45) is 8.27. The Bertz CT molecular complexity index is 407. The van der Waals surface area contributed by atoms with Crippen LogP contribution in [0.15, 0.2) is 24.4 Å². The van der Waals surface area contributed by atoms with Gasteiger partial charge in [0.2, 0.25) is 5.91 Å². The van der Waals surface area contributed by atoms with E-state index in [4.69, 9.17) is 0 Å². The number of amides is 1. The zero-order valence-electron chi connectivity index (χ0n) is 12.3. The zero-order valence-corrected chi connectivity index (χ0v) is 12.3. The first-order valence-corrected chi connectivity index (χ1v) is 7.65. The number of hydrogen-bond donors (Lipinski definition) is 1. The van der Waals surface area contributed by atoms with E-state index in [2.05, 4.69) is 21.3 Å². The Hall–Kier alpha value is -1.42. The number of carbonyl (C=O) groups excluding carboxylic acids is 1. The number of likely N-dealkylation sites (tertiary alicyclic amines) is 1. The first-order valence-electron chi connectivity index (χ1n) is 7.65. The van der Waals surface area contributed by atoms with Gasteiger partial charge in [-0.1, -0.05) is 12.5 Å². The van der Waals surface area contributed by atoms with Gasteiger partial charge in [-0.25, -0.2) is 0 Å². The summed E-state index contributed by atoms with van der Waals surface area (Å²) in [6, 6.07) is 6.09. The highest BCUT2D eigenvalue weighted by molar-refractivity contribution is 5.81. The van der Waals surface area contributed by atoms with E-state index in [-0.39, 0.29) is 11.9 Å². The molecule has 0 spiro atoms. The monoisotopic (exact) mass is 275 g/mol. The van der Waals surface area contributed by atoms with E-state index < -0.39 is 0 Å². The van der Waals surface area contributed by atoms with Crippen LogP contribution in [0.5, 0.6) is 0 Å². The maximum absolute atomic E-state index is 12.1. The van der Waals surface area contributed by atoms with Crippen LogP contribution in [0.2, 0.25) is 0 Å². The van der Waals surface area contributed by atoms with E-state index >= 15 is 0 Å². The van der Waals surface area contributed by atoms with E-state index in [1.165, 1.54) is 12.8 Å². The lowest BCUT2D eigenvalue weighted by atomic mass is 10.0. The van der Waals surface area contributed by atoms with Crippen molar-refractivity contribution >= 4 is 5.91 Å². The van der Waals surface area contributed by atoms with Gasteiger partial charge in [-0.3, -0.25) is 14.7 Å². The summed E-state index contributed by atoms with van der Waals surface area (Å²) < 4.78 is 0. The first kappa shape index (κ1) is 15.0. The minimum absolute atomic E-state index is 0.0829. The molecule has 4 heteroatoms. The van der Waals surface area contributed by atoms with Crippen LogP contribution < -0.4 is 5.32 Å². The summed E-state index contributed by atoms with van der Waals surface area (Å²) in [7, 11) is 2.05.